The predicted octanol–water partition coefficient (Wildman–Crippen LogP) is 2.79. The van der Waals surface area contributed by atoms with E-state index < -0.39 is 5.60 Å². The summed E-state index contributed by atoms with van der Waals surface area (Å²) in [4.78, 5) is 4.51. The predicted molar refractivity (Wildman–Crippen MR) is 83.5 cm³/mol. The topological polar surface area (TPSA) is 61.8 Å². The molecule has 0 fully saturated rings. The lowest BCUT2D eigenvalue weighted by Crippen LogP contribution is -2.14. The summed E-state index contributed by atoms with van der Waals surface area (Å²) >= 11 is 0. The van der Waals surface area contributed by atoms with Crippen molar-refractivity contribution in [3.05, 3.63) is 35.7 Å². The Kier molecular flexibility index (Phi) is 4.44. The standard InChI is InChI=1S/C17H21N3O/c1-12(2)10-15-18-16(20-19-15)14-7-5-6-13(11-14)8-9-17(3,4)21/h5-7,11-12,21H,10H2,1-4H3,(H,18,19,20). The monoisotopic (exact) mass is 283 g/mol. The first kappa shape index (κ1) is 15.3. The van der Waals surface area contributed by atoms with Crippen LogP contribution in [0.15, 0.2) is 24.3 Å². The van der Waals surface area contributed by atoms with Crippen molar-refractivity contribution < 1.29 is 5.11 Å². The van der Waals surface area contributed by atoms with E-state index in [9.17, 15) is 5.11 Å². The minimum Gasteiger partial charge on any atom is -0.378 e. The number of aliphatic hydroxyl groups is 1. The molecule has 0 spiro atoms. The molecule has 110 valence electrons. The third kappa shape index (κ3) is 4.73. The molecule has 0 unspecified atom stereocenters. The van der Waals surface area contributed by atoms with E-state index in [1.807, 2.05) is 24.3 Å². The summed E-state index contributed by atoms with van der Waals surface area (Å²) in [6, 6.07) is 7.71. The second kappa shape index (κ2) is 6.11. The number of aromatic nitrogens is 3. The van der Waals surface area contributed by atoms with Gasteiger partial charge in [-0.15, -0.1) is 0 Å². The number of aromatic amines is 1. The van der Waals surface area contributed by atoms with E-state index >= 15 is 0 Å². The molecule has 0 radical (unpaired) electrons. The van der Waals surface area contributed by atoms with Crippen LogP contribution in [0.3, 0.4) is 0 Å². The largest absolute Gasteiger partial charge is 0.378 e. The Bertz CT molecular complexity index is 669. The number of benzene rings is 1. The lowest BCUT2D eigenvalue weighted by atomic mass is 10.1. The molecule has 0 aliphatic heterocycles. The molecule has 0 aliphatic carbocycles. The van der Waals surface area contributed by atoms with Gasteiger partial charge in [-0.3, -0.25) is 5.10 Å². The molecule has 21 heavy (non-hydrogen) atoms. The number of hydrogen-bond acceptors (Lipinski definition) is 3. The number of rotatable bonds is 3. The molecule has 1 heterocycles. The summed E-state index contributed by atoms with van der Waals surface area (Å²) in [7, 11) is 0. The van der Waals surface area contributed by atoms with E-state index in [1.165, 1.54) is 0 Å². The van der Waals surface area contributed by atoms with Crippen molar-refractivity contribution >= 4 is 0 Å². The highest BCUT2D eigenvalue weighted by Crippen LogP contribution is 2.17. The van der Waals surface area contributed by atoms with Gasteiger partial charge in [-0.25, -0.2) is 4.98 Å². The smallest absolute Gasteiger partial charge is 0.181 e. The minimum absolute atomic E-state index is 0.537. The Labute approximate surface area is 125 Å². The first-order chi connectivity index (χ1) is 9.83. The summed E-state index contributed by atoms with van der Waals surface area (Å²) in [5.74, 6) is 7.88. The molecule has 2 rings (SSSR count). The number of nitrogens with one attached hydrogen (secondary N) is 1. The summed E-state index contributed by atoms with van der Waals surface area (Å²) in [5, 5.41) is 16.9. The van der Waals surface area contributed by atoms with E-state index in [0.717, 1.165) is 23.4 Å². The van der Waals surface area contributed by atoms with Crippen molar-refractivity contribution in [3.8, 4) is 23.2 Å². The summed E-state index contributed by atoms with van der Waals surface area (Å²) in [6.45, 7) is 7.62. The number of H-pyrrole nitrogens is 1. The quantitative estimate of drug-likeness (QED) is 0.851. The van der Waals surface area contributed by atoms with Crippen molar-refractivity contribution in [2.75, 3.05) is 0 Å². The number of nitrogens with zero attached hydrogens (tertiary/aromatic N) is 2. The van der Waals surface area contributed by atoms with Crippen LogP contribution in [0.4, 0.5) is 0 Å². The van der Waals surface area contributed by atoms with Gasteiger partial charge in [-0.2, -0.15) is 5.10 Å². The fraction of sp³-hybridized carbons (Fsp3) is 0.412. The molecule has 1 aromatic carbocycles. The third-order valence-electron chi connectivity index (χ3n) is 2.77. The number of hydrogen-bond donors (Lipinski definition) is 2. The van der Waals surface area contributed by atoms with E-state index in [4.69, 9.17) is 0 Å². The van der Waals surface area contributed by atoms with E-state index in [0.29, 0.717) is 11.7 Å². The highest BCUT2D eigenvalue weighted by molar-refractivity contribution is 5.58. The van der Waals surface area contributed by atoms with Crippen LogP contribution >= 0.6 is 0 Å². The van der Waals surface area contributed by atoms with Crippen LogP contribution in [0.1, 0.15) is 39.1 Å². The first-order valence-electron chi connectivity index (χ1n) is 7.11. The highest BCUT2D eigenvalue weighted by Gasteiger charge is 2.08. The SMILES string of the molecule is CC(C)Cc1nc(-c2cccc(C#CC(C)(C)O)c2)n[nH]1. The molecule has 0 saturated heterocycles. The van der Waals surface area contributed by atoms with Gasteiger partial charge >= 0.3 is 0 Å². The zero-order valence-corrected chi connectivity index (χ0v) is 12.9. The molecule has 0 saturated carbocycles. The average molecular weight is 283 g/mol. The van der Waals surface area contributed by atoms with Gasteiger partial charge in [0.05, 0.1) is 0 Å². The first-order valence-corrected chi connectivity index (χ1v) is 7.11. The van der Waals surface area contributed by atoms with Crippen molar-refractivity contribution in [1.82, 2.24) is 15.2 Å². The van der Waals surface area contributed by atoms with Crippen LogP contribution in [0.2, 0.25) is 0 Å². The fourth-order valence-electron chi connectivity index (χ4n) is 1.86. The summed E-state index contributed by atoms with van der Waals surface area (Å²) in [5.41, 5.74) is 0.763. The fourth-order valence-corrected chi connectivity index (χ4v) is 1.86. The summed E-state index contributed by atoms with van der Waals surface area (Å²) < 4.78 is 0. The highest BCUT2D eigenvalue weighted by atomic mass is 16.3. The Balaban J connectivity index is 2.24. The van der Waals surface area contributed by atoms with Crippen LogP contribution in [0.5, 0.6) is 0 Å². The van der Waals surface area contributed by atoms with Gasteiger partial charge in [-0.05, 0) is 31.9 Å². The van der Waals surface area contributed by atoms with Gasteiger partial charge in [0, 0.05) is 17.5 Å². The zero-order chi connectivity index (χ0) is 15.5. The van der Waals surface area contributed by atoms with Gasteiger partial charge in [-0.1, -0.05) is 37.8 Å². The van der Waals surface area contributed by atoms with E-state index in [1.54, 1.807) is 13.8 Å². The molecule has 2 N–H and O–H groups in total. The molecule has 2 aromatic rings. The van der Waals surface area contributed by atoms with Crippen LogP contribution in [-0.4, -0.2) is 25.9 Å². The van der Waals surface area contributed by atoms with E-state index in [-0.39, 0.29) is 0 Å². The summed E-state index contributed by atoms with van der Waals surface area (Å²) in [6.07, 6.45) is 0.880. The maximum Gasteiger partial charge on any atom is 0.181 e. The molecular formula is C17H21N3O. The van der Waals surface area contributed by atoms with Gasteiger partial charge in [0.1, 0.15) is 11.4 Å². The third-order valence-corrected chi connectivity index (χ3v) is 2.77. The average Bonchev–Trinajstić information content (AvgIpc) is 2.83. The second-order valence-corrected chi connectivity index (χ2v) is 6.09. The molecule has 0 aliphatic rings. The van der Waals surface area contributed by atoms with Crippen LogP contribution in [0.25, 0.3) is 11.4 Å². The van der Waals surface area contributed by atoms with Crippen LogP contribution in [0, 0.1) is 17.8 Å². The van der Waals surface area contributed by atoms with Gasteiger partial charge < -0.3 is 5.11 Å². The van der Waals surface area contributed by atoms with Crippen molar-refractivity contribution in [3.63, 3.8) is 0 Å². The molecule has 0 amide bonds. The van der Waals surface area contributed by atoms with Crippen molar-refractivity contribution in [1.29, 1.82) is 0 Å². The normalized spacial score (nSPS) is 11.3. The molecule has 4 nitrogen and oxygen atoms in total. The molecule has 4 heteroatoms. The Hall–Kier alpha value is -2.12. The lowest BCUT2D eigenvalue weighted by molar-refractivity contribution is 0.143. The Morgan fingerprint density at radius 1 is 1.33 bits per heavy atom. The van der Waals surface area contributed by atoms with Crippen LogP contribution < -0.4 is 0 Å². The zero-order valence-electron chi connectivity index (χ0n) is 12.9. The van der Waals surface area contributed by atoms with Crippen molar-refractivity contribution in [2.45, 2.75) is 39.7 Å². The molecule has 1 aromatic heterocycles. The molecule has 0 atom stereocenters. The minimum atomic E-state index is -0.995. The van der Waals surface area contributed by atoms with Crippen LogP contribution in [-0.2, 0) is 6.42 Å². The van der Waals surface area contributed by atoms with E-state index in [2.05, 4.69) is 40.9 Å². The maximum absolute atomic E-state index is 9.65. The molecular weight excluding hydrogens is 262 g/mol. The maximum atomic E-state index is 9.65. The van der Waals surface area contributed by atoms with Gasteiger partial charge in [0.25, 0.3) is 0 Å². The van der Waals surface area contributed by atoms with Gasteiger partial charge in [0.15, 0.2) is 5.82 Å². The van der Waals surface area contributed by atoms with Gasteiger partial charge in [0.2, 0.25) is 0 Å². The second-order valence-electron chi connectivity index (χ2n) is 6.09. The van der Waals surface area contributed by atoms with Crippen molar-refractivity contribution in [2.24, 2.45) is 5.92 Å². The Morgan fingerprint density at radius 3 is 2.76 bits per heavy atom. The molecule has 0 bridgehead atoms. The Morgan fingerprint density at radius 2 is 2.10 bits per heavy atom. The lowest BCUT2D eigenvalue weighted by Gasteiger charge is -2.06.